The van der Waals surface area contributed by atoms with Gasteiger partial charge < -0.3 is 19.2 Å². The molecule has 0 spiro atoms. The minimum atomic E-state index is -0.680. The fourth-order valence-corrected chi connectivity index (χ4v) is 3.15. The van der Waals surface area contributed by atoms with Gasteiger partial charge >= 0.3 is 0 Å². The molecule has 0 saturated carbocycles. The zero-order chi connectivity index (χ0) is 18.7. The van der Waals surface area contributed by atoms with E-state index in [4.69, 9.17) is 9.15 Å². The first-order valence-electron chi connectivity index (χ1n) is 8.59. The predicted molar refractivity (Wildman–Crippen MR) is 94.6 cm³/mol. The number of carbonyl (C=O) groups excluding carboxylic acids is 2. The molecule has 0 bridgehead atoms. The summed E-state index contributed by atoms with van der Waals surface area (Å²) >= 11 is 0. The van der Waals surface area contributed by atoms with Gasteiger partial charge in [-0.25, -0.2) is 0 Å². The highest BCUT2D eigenvalue weighted by Gasteiger charge is 2.43. The quantitative estimate of drug-likeness (QED) is 0.821. The molecule has 1 aliphatic rings. The monoisotopic (exact) mass is 355 g/mol. The molecule has 1 aromatic carbocycles. The van der Waals surface area contributed by atoms with Gasteiger partial charge in [0.25, 0.3) is 5.91 Å². The van der Waals surface area contributed by atoms with Crippen molar-refractivity contribution in [1.82, 2.24) is 4.90 Å². The van der Waals surface area contributed by atoms with Crippen LogP contribution in [-0.4, -0.2) is 28.3 Å². The number of carbonyl (C=O) groups is 2. The highest BCUT2D eigenvalue weighted by Crippen LogP contribution is 2.40. The maximum absolute atomic E-state index is 12.6. The number of furan rings is 1. The van der Waals surface area contributed by atoms with E-state index in [0.29, 0.717) is 23.7 Å². The Morgan fingerprint density at radius 3 is 2.73 bits per heavy atom. The second kappa shape index (κ2) is 7.47. The molecule has 0 saturated heterocycles. The van der Waals surface area contributed by atoms with Crippen molar-refractivity contribution in [3.63, 3.8) is 0 Å². The van der Waals surface area contributed by atoms with Crippen molar-refractivity contribution >= 4 is 11.7 Å². The number of rotatable bonds is 7. The average Bonchev–Trinajstić information content (AvgIpc) is 3.24. The zero-order valence-corrected chi connectivity index (χ0v) is 14.8. The van der Waals surface area contributed by atoms with E-state index < -0.39 is 17.7 Å². The van der Waals surface area contributed by atoms with Gasteiger partial charge in [-0.05, 0) is 36.8 Å². The Morgan fingerprint density at radius 1 is 1.27 bits per heavy atom. The van der Waals surface area contributed by atoms with E-state index in [1.54, 1.807) is 31.2 Å². The molecule has 26 heavy (non-hydrogen) atoms. The molecule has 1 amide bonds. The summed E-state index contributed by atoms with van der Waals surface area (Å²) < 4.78 is 10.9. The Labute approximate surface area is 151 Å². The van der Waals surface area contributed by atoms with Crippen molar-refractivity contribution < 1.29 is 23.8 Å². The number of amides is 1. The predicted octanol–water partition coefficient (Wildman–Crippen LogP) is 3.55. The lowest BCUT2D eigenvalue weighted by atomic mass is 9.95. The van der Waals surface area contributed by atoms with E-state index in [1.165, 1.54) is 11.2 Å². The second-order valence-corrected chi connectivity index (χ2v) is 5.96. The van der Waals surface area contributed by atoms with Crippen LogP contribution in [0.1, 0.15) is 37.6 Å². The summed E-state index contributed by atoms with van der Waals surface area (Å²) in [6, 6.07) is 10.0. The third kappa shape index (κ3) is 3.22. The van der Waals surface area contributed by atoms with E-state index in [1.807, 2.05) is 19.1 Å². The highest BCUT2D eigenvalue weighted by molar-refractivity contribution is 6.08. The fourth-order valence-electron chi connectivity index (χ4n) is 3.15. The van der Waals surface area contributed by atoms with Crippen LogP contribution in [0.15, 0.2) is 58.4 Å². The molecule has 6 nitrogen and oxygen atoms in total. The van der Waals surface area contributed by atoms with Crippen molar-refractivity contribution in [2.24, 2.45) is 0 Å². The third-order valence-corrected chi connectivity index (χ3v) is 4.32. The SMILES string of the molecule is CCOc1cccc(C2C(C(=O)CC)=C(O)C(=O)N2Cc2ccco2)c1. The van der Waals surface area contributed by atoms with Crippen LogP contribution < -0.4 is 4.74 Å². The summed E-state index contributed by atoms with van der Waals surface area (Å²) in [5.41, 5.74) is 0.828. The maximum atomic E-state index is 12.6. The molecular weight excluding hydrogens is 334 g/mol. The minimum absolute atomic E-state index is 0.123. The Hall–Kier alpha value is -3.02. The van der Waals surface area contributed by atoms with Crippen LogP contribution in [0.3, 0.4) is 0 Å². The standard InChI is InChI=1S/C20H21NO5/c1-3-16(22)17-18(13-7-5-8-14(11-13)25-4-2)21(20(24)19(17)23)12-15-9-6-10-26-15/h5-11,18,23H,3-4,12H2,1-2H3. The van der Waals surface area contributed by atoms with Crippen molar-refractivity contribution in [2.45, 2.75) is 32.9 Å². The Kier molecular flexibility index (Phi) is 5.11. The molecule has 1 atom stereocenters. The van der Waals surface area contributed by atoms with Crippen LogP contribution in [0.5, 0.6) is 5.75 Å². The van der Waals surface area contributed by atoms with Gasteiger partial charge in [0.1, 0.15) is 11.5 Å². The van der Waals surface area contributed by atoms with Crippen LogP contribution in [0, 0.1) is 0 Å². The molecule has 1 N–H and O–H groups in total. The molecule has 1 aromatic heterocycles. The number of benzene rings is 1. The second-order valence-electron chi connectivity index (χ2n) is 5.96. The number of ether oxygens (including phenoxy) is 1. The van der Waals surface area contributed by atoms with Crippen molar-refractivity contribution in [3.05, 3.63) is 65.3 Å². The largest absolute Gasteiger partial charge is 0.503 e. The van der Waals surface area contributed by atoms with Crippen molar-refractivity contribution in [3.8, 4) is 5.75 Å². The number of hydrogen-bond donors (Lipinski definition) is 1. The molecule has 1 unspecified atom stereocenters. The van der Waals surface area contributed by atoms with Gasteiger partial charge in [0.15, 0.2) is 11.5 Å². The van der Waals surface area contributed by atoms with E-state index in [9.17, 15) is 14.7 Å². The molecular formula is C20H21NO5. The summed E-state index contributed by atoms with van der Waals surface area (Å²) in [6.07, 6.45) is 1.72. The summed E-state index contributed by atoms with van der Waals surface area (Å²) in [5.74, 6) is -0.114. The Balaban J connectivity index is 2.05. The molecule has 6 heteroatoms. The molecule has 2 aromatic rings. The van der Waals surface area contributed by atoms with Gasteiger partial charge in [-0.15, -0.1) is 0 Å². The summed E-state index contributed by atoms with van der Waals surface area (Å²) in [5, 5.41) is 10.4. The number of Topliss-reactive ketones (excluding diaryl/α,β-unsaturated/α-hetero) is 1. The van der Waals surface area contributed by atoms with Crippen LogP contribution in [0.2, 0.25) is 0 Å². The van der Waals surface area contributed by atoms with Crippen LogP contribution in [-0.2, 0) is 16.1 Å². The summed E-state index contributed by atoms with van der Waals surface area (Å²) in [4.78, 5) is 26.6. The van der Waals surface area contributed by atoms with E-state index in [0.717, 1.165) is 0 Å². The lowest BCUT2D eigenvalue weighted by Gasteiger charge is -2.26. The smallest absolute Gasteiger partial charge is 0.290 e. The lowest BCUT2D eigenvalue weighted by Crippen LogP contribution is -2.30. The van der Waals surface area contributed by atoms with Gasteiger partial charge in [-0.1, -0.05) is 19.1 Å². The molecule has 136 valence electrons. The molecule has 0 fully saturated rings. The van der Waals surface area contributed by atoms with E-state index in [2.05, 4.69) is 0 Å². The van der Waals surface area contributed by atoms with Gasteiger partial charge in [0, 0.05) is 6.42 Å². The molecule has 1 aliphatic heterocycles. The van der Waals surface area contributed by atoms with Crippen molar-refractivity contribution in [1.29, 1.82) is 0 Å². The first-order valence-corrected chi connectivity index (χ1v) is 8.59. The van der Waals surface area contributed by atoms with Gasteiger partial charge in [-0.3, -0.25) is 9.59 Å². The zero-order valence-electron chi connectivity index (χ0n) is 14.8. The summed E-state index contributed by atoms with van der Waals surface area (Å²) in [7, 11) is 0. The first kappa shape index (κ1) is 17.8. The van der Waals surface area contributed by atoms with Crippen molar-refractivity contribution in [2.75, 3.05) is 6.61 Å². The highest BCUT2D eigenvalue weighted by atomic mass is 16.5. The number of aliphatic hydroxyl groups excluding tert-OH is 1. The number of hydrogen-bond acceptors (Lipinski definition) is 5. The maximum Gasteiger partial charge on any atom is 0.290 e. The topological polar surface area (TPSA) is 80.0 Å². The Bertz CT molecular complexity index is 838. The average molecular weight is 355 g/mol. The molecule has 0 radical (unpaired) electrons. The van der Waals surface area contributed by atoms with E-state index >= 15 is 0 Å². The molecule has 2 heterocycles. The number of nitrogens with zero attached hydrogens (tertiary/aromatic N) is 1. The number of ketones is 1. The van der Waals surface area contributed by atoms with Crippen LogP contribution in [0.4, 0.5) is 0 Å². The van der Waals surface area contributed by atoms with Crippen LogP contribution >= 0.6 is 0 Å². The Morgan fingerprint density at radius 2 is 2.08 bits per heavy atom. The lowest BCUT2D eigenvalue weighted by molar-refractivity contribution is -0.130. The third-order valence-electron chi connectivity index (χ3n) is 4.32. The summed E-state index contributed by atoms with van der Waals surface area (Å²) in [6.45, 7) is 4.24. The first-order chi connectivity index (χ1) is 12.6. The minimum Gasteiger partial charge on any atom is -0.503 e. The fraction of sp³-hybridized carbons (Fsp3) is 0.300. The normalized spacial score (nSPS) is 17.1. The van der Waals surface area contributed by atoms with Crippen LogP contribution in [0.25, 0.3) is 0 Å². The number of aliphatic hydroxyl groups is 1. The van der Waals surface area contributed by atoms with Gasteiger partial charge in [0.05, 0.1) is 31.0 Å². The molecule has 3 rings (SSSR count). The van der Waals surface area contributed by atoms with E-state index in [-0.39, 0.29) is 24.3 Å². The molecule has 0 aliphatic carbocycles. The van der Waals surface area contributed by atoms with Gasteiger partial charge in [0.2, 0.25) is 0 Å². The van der Waals surface area contributed by atoms with Gasteiger partial charge in [-0.2, -0.15) is 0 Å².